The molecule has 0 amide bonds. The molecule has 0 aromatic rings. The summed E-state index contributed by atoms with van der Waals surface area (Å²) >= 11 is 0. The first-order valence-electron chi connectivity index (χ1n) is 5.64. The van der Waals surface area contributed by atoms with Gasteiger partial charge in [0, 0.05) is 6.61 Å². The number of hydrogen-bond donors (Lipinski definition) is 1. The maximum Gasteiger partial charge on any atom is 0.323 e. The fourth-order valence-corrected chi connectivity index (χ4v) is 0.987. The van der Waals surface area contributed by atoms with Gasteiger partial charge in [0.05, 0.1) is 5.60 Å². The highest BCUT2D eigenvalue weighted by Crippen LogP contribution is 2.11. The number of carbonyl (C=O) groups is 1. The largest absolute Gasteiger partial charge is 0.459 e. The van der Waals surface area contributed by atoms with Crippen LogP contribution in [-0.2, 0) is 14.3 Å². The van der Waals surface area contributed by atoms with Crippen molar-refractivity contribution in [3.8, 4) is 0 Å². The van der Waals surface area contributed by atoms with Crippen molar-refractivity contribution in [3.05, 3.63) is 0 Å². The Morgan fingerprint density at radius 2 is 1.62 bits per heavy atom. The van der Waals surface area contributed by atoms with Crippen LogP contribution in [0.5, 0.6) is 0 Å². The molecule has 2 N–H and O–H groups in total. The Bertz CT molecular complexity index is 225. The van der Waals surface area contributed by atoms with Gasteiger partial charge in [0.2, 0.25) is 0 Å². The topological polar surface area (TPSA) is 61.5 Å². The van der Waals surface area contributed by atoms with Crippen LogP contribution < -0.4 is 5.73 Å². The van der Waals surface area contributed by atoms with E-state index in [9.17, 15) is 4.79 Å². The summed E-state index contributed by atoms with van der Waals surface area (Å²) in [6.07, 6.45) is 0.478. The molecule has 0 rings (SSSR count). The number of rotatable bonds is 4. The molecule has 0 aromatic heterocycles. The van der Waals surface area contributed by atoms with Gasteiger partial charge in [0.1, 0.15) is 11.6 Å². The van der Waals surface area contributed by atoms with E-state index >= 15 is 0 Å². The summed E-state index contributed by atoms with van der Waals surface area (Å²) < 4.78 is 10.7. The Morgan fingerprint density at radius 3 is 2.00 bits per heavy atom. The van der Waals surface area contributed by atoms with Crippen LogP contribution in [0.1, 0.15) is 48.0 Å². The summed E-state index contributed by atoms with van der Waals surface area (Å²) in [5.41, 5.74) is 5.01. The van der Waals surface area contributed by atoms with Crippen LogP contribution in [0.2, 0.25) is 0 Å². The fraction of sp³-hybridized carbons (Fsp3) is 0.917. The average Bonchev–Trinajstić information content (AvgIpc) is 1.98. The molecular weight excluding hydrogens is 206 g/mol. The molecule has 0 aliphatic carbocycles. The molecule has 4 heteroatoms. The molecule has 0 spiro atoms. The Labute approximate surface area is 98.5 Å². The van der Waals surface area contributed by atoms with Gasteiger partial charge in [-0.25, -0.2) is 0 Å². The number of carbonyl (C=O) groups excluding carboxylic acids is 1. The highest BCUT2D eigenvalue weighted by Gasteiger charge is 2.22. The van der Waals surface area contributed by atoms with E-state index in [-0.39, 0.29) is 11.6 Å². The second-order valence-corrected chi connectivity index (χ2v) is 5.89. The predicted octanol–water partition coefficient (Wildman–Crippen LogP) is 1.86. The first kappa shape index (κ1) is 15.4. The monoisotopic (exact) mass is 231 g/mol. The van der Waals surface area contributed by atoms with E-state index in [0.29, 0.717) is 13.0 Å². The number of hydrogen-bond acceptors (Lipinski definition) is 4. The van der Waals surface area contributed by atoms with Gasteiger partial charge in [-0.15, -0.1) is 0 Å². The summed E-state index contributed by atoms with van der Waals surface area (Å²) in [4.78, 5) is 11.5. The van der Waals surface area contributed by atoms with Crippen LogP contribution in [0.4, 0.5) is 0 Å². The zero-order valence-electron chi connectivity index (χ0n) is 11.3. The summed E-state index contributed by atoms with van der Waals surface area (Å²) in [7, 11) is 0. The molecule has 0 heterocycles. The van der Waals surface area contributed by atoms with Crippen LogP contribution in [0.3, 0.4) is 0 Å². The van der Waals surface area contributed by atoms with Crippen molar-refractivity contribution in [2.75, 3.05) is 6.61 Å². The first-order chi connectivity index (χ1) is 7.01. The third kappa shape index (κ3) is 8.68. The fourth-order valence-electron chi connectivity index (χ4n) is 0.987. The summed E-state index contributed by atoms with van der Waals surface area (Å²) in [6.45, 7) is 11.8. The Kier molecular flexibility index (Phi) is 5.42. The van der Waals surface area contributed by atoms with Crippen molar-refractivity contribution < 1.29 is 14.3 Å². The van der Waals surface area contributed by atoms with Crippen LogP contribution >= 0.6 is 0 Å². The van der Waals surface area contributed by atoms with Crippen molar-refractivity contribution in [2.45, 2.75) is 65.2 Å². The molecule has 0 aliphatic heterocycles. The molecular formula is C12H25NO3. The quantitative estimate of drug-likeness (QED) is 0.750. The van der Waals surface area contributed by atoms with E-state index in [1.54, 1.807) is 0 Å². The molecule has 1 atom stereocenters. The molecule has 0 saturated heterocycles. The van der Waals surface area contributed by atoms with Gasteiger partial charge in [-0.1, -0.05) is 0 Å². The van der Waals surface area contributed by atoms with E-state index in [1.807, 2.05) is 41.5 Å². The normalized spacial score (nSPS) is 14.7. The van der Waals surface area contributed by atoms with Gasteiger partial charge >= 0.3 is 5.97 Å². The highest BCUT2D eigenvalue weighted by atomic mass is 16.6. The molecule has 0 saturated carbocycles. The maximum absolute atomic E-state index is 11.5. The second kappa shape index (κ2) is 5.64. The van der Waals surface area contributed by atoms with Crippen LogP contribution in [0.15, 0.2) is 0 Å². The van der Waals surface area contributed by atoms with Crippen molar-refractivity contribution >= 4 is 5.97 Å². The predicted molar refractivity (Wildman–Crippen MR) is 64.1 cm³/mol. The third-order valence-electron chi connectivity index (χ3n) is 1.67. The molecule has 0 fully saturated rings. The van der Waals surface area contributed by atoms with Gasteiger partial charge in [-0.2, -0.15) is 0 Å². The lowest BCUT2D eigenvalue weighted by Gasteiger charge is -2.23. The van der Waals surface area contributed by atoms with Crippen LogP contribution in [-0.4, -0.2) is 29.8 Å². The zero-order valence-corrected chi connectivity index (χ0v) is 11.3. The lowest BCUT2D eigenvalue weighted by molar-refractivity contribution is -0.157. The Balaban J connectivity index is 3.89. The van der Waals surface area contributed by atoms with E-state index in [0.717, 1.165) is 0 Å². The average molecular weight is 231 g/mol. The summed E-state index contributed by atoms with van der Waals surface area (Å²) in [6, 6.07) is -0.610. The van der Waals surface area contributed by atoms with Crippen LogP contribution in [0.25, 0.3) is 0 Å². The third-order valence-corrected chi connectivity index (χ3v) is 1.67. The smallest absolute Gasteiger partial charge is 0.323 e. The van der Waals surface area contributed by atoms with Crippen molar-refractivity contribution in [1.29, 1.82) is 0 Å². The minimum Gasteiger partial charge on any atom is -0.459 e. The van der Waals surface area contributed by atoms with Gasteiger partial charge in [-0.05, 0) is 48.0 Å². The van der Waals surface area contributed by atoms with Crippen molar-refractivity contribution in [2.24, 2.45) is 5.73 Å². The van der Waals surface area contributed by atoms with E-state index < -0.39 is 11.6 Å². The van der Waals surface area contributed by atoms with Crippen molar-refractivity contribution in [1.82, 2.24) is 0 Å². The van der Waals surface area contributed by atoms with Gasteiger partial charge in [0.25, 0.3) is 0 Å². The van der Waals surface area contributed by atoms with Crippen molar-refractivity contribution in [3.63, 3.8) is 0 Å². The zero-order chi connectivity index (χ0) is 13.0. The van der Waals surface area contributed by atoms with E-state index in [1.165, 1.54) is 0 Å². The molecule has 96 valence electrons. The Hall–Kier alpha value is -0.610. The molecule has 0 bridgehead atoms. The molecule has 0 aliphatic rings. The summed E-state index contributed by atoms with van der Waals surface area (Å²) in [5.74, 6) is -0.370. The maximum atomic E-state index is 11.5. The van der Waals surface area contributed by atoms with Gasteiger partial charge in [-0.3, -0.25) is 4.79 Å². The molecule has 0 radical (unpaired) electrons. The molecule has 0 aromatic carbocycles. The highest BCUT2D eigenvalue weighted by molar-refractivity contribution is 5.75. The lowest BCUT2D eigenvalue weighted by Crippen LogP contribution is -2.38. The van der Waals surface area contributed by atoms with E-state index in [4.69, 9.17) is 15.2 Å². The first-order valence-corrected chi connectivity index (χ1v) is 5.64. The van der Waals surface area contributed by atoms with Gasteiger partial charge in [0.15, 0.2) is 0 Å². The molecule has 16 heavy (non-hydrogen) atoms. The Morgan fingerprint density at radius 1 is 1.12 bits per heavy atom. The second-order valence-electron chi connectivity index (χ2n) is 5.89. The van der Waals surface area contributed by atoms with Gasteiger partial charge < -0.3 is 15.2 Å². The van der Waals surface area contributed by atoms with E-state index in [2.05, 4.69) is 0 Å². The molecule has 4 nitrogen and oxygen atoms in total. The lowest BCUT2D eigenvalue weighted by atomic mass is 10.1. The summed E-state index contributed by atoms with van der Waals surface area (Å²) in [5, 5.41) is 0. The number of ether oxygens (including phenoxy) is 2. The molecule has 1 unspecified atom stereocenters. The standard InChI is InChI=1S/C12H25NO3/c1-11(2,3)15-8-7-9(13)10(14)16-12(4,5)6/h9H,7-8,13H2,1-6H3. The number of esters is 1. The minimum atomic E-state index is -0.610. The number of nitrogens with two attached hydrogens (primary N) is 1. The van der Waals surface area contributed by atoms with Crippen LogP contribution in [0, 0.1) is 0 Å². The SMILES string of the molecule is CC(C)(C)OCCC(N)C(=O)OC(C)(C)C. The minimum absolute atomic E-state index is 0.201.